The number of nitrogens with zero attached hydrogens (tertiary/aromatic N) is 1. The fourth-order valence-corrected chi connectivity index (χ4v) is 3.14. The van der Waals surface area contributed by atoms with Gasteiger partial charge < -0.3 is 10.1 Å². The number of likely N-dealkylation sites (tertiary alicyclic amines) is 1. The average Bonchev–Trinajstić information content (AvgIpc) is 2.57. The van der Waals surface area contributed by atoms with Crippen molar-refractivity contribution in [3.63, 3.8) is 0 Å². The molecule has 0 saturated carbocycles. The fraction of sp³-hybridized carbons (Fsp3) is 0.579. The molecule has 1 aliphatic heterocycles. The van der Waals surface area contributed by atoms with Crippen molar-refractivity contribution in [2.75, 3.05) is 32.8 Å². The Bertz CT molecular complexity index is 559. The van der Waals surface area contributed by atoms with Crippen LogP contribution >= 0.6 is 0 Å². The Morgan fingerprint density at radius 3 is 2.88 bits per heavy atom. The minimum Gasteiger partial charge on any atom is -0.466 e. The molecular weight excluding hydrogens is 304 g/mol. The monoisotopic (exact) mass is 332 g/mol. The molecule has 0 aliphatic carbocycles. The summed E-state index contributed by atoms with van der Waals surface area (Å²) in [4.78, 5) is 26.0. The first-order chi connectivity index (χ1) is 11.6. The van der Waals surface area contributed by atoms with Crippen molar-refractivity contribution in [1.29, 1.82) is 0 Å². The second-order valence-electron chi connectivity index (χ2n) is 6.35. The maximum atomic E-state index is 12.1. The van der Waals surface area contributed by atoms with Gasteiger partial charge in [-0.3, -0.25) is 14.5 Å². The lowest BCUT2D eigenvalue weighted by molar-refractivity contribution is -0.150. The highest BCUT2D eigenvalue weighted by Crippen LogP contribution is 2.17. The van der Waals surface area contributed by atoms with Gasteiger partial charge in [-0.15, -0.1) is 0 Å². The number of esters is 1. The van der Waals surface area contributed by atoms with Gasteiger partial charge in [-0.1, -0.05) is 24.3 Å². The summed E-state index contributed by atoms with van der Waals surface area (Å²) in [5.41, 5.74) is 2.51. The first-order valence-electron chi connectivity index (χ1n) is 8.80. The normalized spacial score (nSPS) is 18.2. The van der Waals surface area contributed by atoms with E-state index in [1.165, 1.54) is 11.1 Å². The number of carbonyl (C=O) groups excluding carboxylic acids is 2. The van der Waals surface area contributed by atoms with E-state index in [1.54, 1.807) is 0 Å². The van der Waals surface area contributed by atoms with Crippen LogP contribution in [0.2, 0.25) is 0 Å². The Morgan fingerprint density at radius 1 is 1.33 bits per heavy atom. The molecule has 0 bridgehead atoms. The van der Waals surface area contributed by atoms with E-state index in [0.717, 1.165) is 25.8 Å². The Morgan fingerprint density at radius 2 is 2.12 bits per heavy atom. The van der Waals surface area contributed by atoms with Crippen molar-refractivity contribution in [3.8, 4) is 0 Å². The lowest BCUT2D eigenvalue weighted by Crippen LogP contribution is -2.44. The summed E-state index contributed by atoms with van der Waals surface area (Å²) in [6.45, 7) is 6.78. The van der Waals surface area contributed by atoms with Gasteiger partial charge in [0.25, 0.3) is 0 Å². The Balaban J connectivity index is 1.72. The maximum Gasteiger partial charge on any atom is 0.310 e. The van der Waals surface area contributed by atoms with Crippen LogP contribution in [0.4, 0.5) is 0 Å². The summed E-state index contributed by atoms with van der Waals surface area (Å²) in [5, 5.41) is 2.98. The molecule has 0 radical (unpaired) electrons. The predicted molar refractivity (Wildman–Crippen MR) is 93.7 cm³/mol. The Labute approximate surface area is 144 Å². The van der Waals surface area contributed by atoms with Crippen molar-refractivity contribution in [3.05, 3.63) is 35.4 Å². The lowest BCUT2D eigenvalue weighted by atomic mass is 9.98. The highest BCUT2D eigenvalue weighted by atomic mass is 16.5. The predicted octanol–water partition coefficient (Wildman–Crippen LogP) is 1.93. The first kappa shape index (κ1) is 18.5. The van der Waals surface area contributed by atoms with Crippen molar-refractivity contribution in [1.82, 2.24) is 10.2 Å². The van der Waals surface area contributed by atoms with Gasteiger partial charge in [-0.2, -0.15) is 0 Å². The van der Waals surface area contributed by atoms with E-state index in [1.807, 2.05) is 24.0 Å². The minimum atomic E-state index is -0.137. The summed E-state index contributed by atoms with van der Waals surface area (Å²) < 4.78 is 5.09. The van der Waals surface area contributed by atoms with Crippen LogP contribution in [0.5, 0.6) is 0 Å². The third-order valence-electron chi connectivity index (χ3n) is 4.47. The molecule has 0 spiro atoms. The first-order valence-corrected chi connectivity index (χ1v) is 8.80. The molecule has 5 heteroatoms. The number of nitrogens with one attached hydrogen (secondary N) is 1. The van der Waals surface area contributed by atoms with E-state index < -0.39 is 0 Å². The number of hydrogen-bond acceptors (Lipinski definition) is 4. The second kappa shape index (κ2) is 9.42. The van der Waals surface area contributed by atoms with E-state index in [-0.39, 0.29) is 17.8 Å². The van der Waals surface area contributed by atoms with E-state index in [4.69, 9.17) is 4.74 Å². The number of rotatable bonds is 7. The van der Waals surface area contributed by atoms with Crippen LogP contribution in [-0.2, 0) is 20.7 Å². The van der Waals surface area contributed by atoms with Gasteiger partial charge in [0.1, 0.15) is 0 Å². The number of carbonyl (C=O) groups is 2. The molecule has 1 unspecified atom stereocenters. The smallest absolute Gasteiger partial charge is 0.310 e. The molecule has 5 nitrogen and oxygen atoms in total. The van der Waals surface area contributed by atoms with Gasteiger partial charge in [0.2, 0.25) is 5.91 Å². The summed E-state index contributed by atoms with van der Waals surface area (Å²) in [5.74, 6) is -0.214. The standard InChI is InChI=1S/C19H28N2O3/c1-3-24-19(23)17-9-6-12-21(13-17)14-18(22)20-11-10-16-8-5-4-7-15(16)2/h4-5,7-8,17H,3,6,9-14H2,1-2H3,(H,20,22). The third-order valence-corrected chi connectivity index (χ3v) is 4.47. The molecule has 1 atom stereocenters. The zero-order valence-corrected chi connectivity index (χ0v) is 14.7. The van der Waals surface area contributed by atoms with Gasteiger partial charge in [0.05, 0.1) is 19.1 Å². The zero-order valence-electron chi connectivity index (χ0n) is 14.7. The molecular formula is C19H28N2O3. The summed E-state index contributed by atoms with van der Waals surface area (Å²) in [7, 11) is 0. The van der Waals surface area contributed by atoms with Gasteiger partial charge in [0.15, 0.2) is 0 Å². The molecule has 1 saturated heterocycles. The van der Waals surface area contributed by atoms with Crippen LogP contribution in [0.1, 0.15) is 30.9 Å². The fourth-order valence-electron chi connectivity index (χ4n) is 3.14. The molecule has 1 aromatic rings. The highest BCUT2D eigenvalue weighted by molar-refractivity contribution is 5.78. The number of piperidine rings is 1. The number of aryl methyl sites for hydroxylation is 1. The zero-order chi connectivity index (χ0) is 17.4. The molecule has 132 valence electrons. The Hall–Kier alpha value is -1.88. The summed E-state index contributed by atoms with van der Waals surface area (Å²) in [6, 6.07) is 8.22. The summed E-state index contributed by atoms with van der Waals surface area (Å²) >= 11 is 0. The van der Waals surface area contributed by atoms with Crippen molar-refractivity contribution >= 4 is 11.9 Å². The lowest BCUT2D eigenvalue weighted by Gasteiger charge is -2.30. The third kappa shape index (κ3) is 5.64. The quantitative estimate of drug-likeness (QED) is 0.775. The Kier molecular flexibility index (Phi) is 7.25. The van der Waals surface area contributed by atoms with Gasteiger partial charge >= 0.3 is 5.97 Å². The van der Waals surface area contributed by atoms with Crippen LogP contribution in [0, 0.1) is 12.8 Å². The molecule has 0 aromatic heterocycles. The number of benzene rings is 1. The van der Waals surface area contributed by atoms with E-state index in [2.05, 4.69) is 24.4 Å². The van der Waals surface area contributed by atoms with Crippen molar-refractivity contribution in [2.24, 2.45) is 5.92 Å². The minimum absolute atomic E-state index is 0.0214. The maximum absolute atomic E-state index is 12.1. The van der Waals surface area contributed by atoms with Crippen molar-refractivity contribution in [2.45, 2.75) is 33.1 Å². The largest absolute Gasteiger partial charge is 0.466 e. The number of ether oxygens (including phenoxy) is 1. The van der Waals surface area contributed by atoms with Crippen LogP contribution < -0.4 is 5.32 Å². The summed E-state index contributed by atoms with van der Waals surface area (Å²) in [6.07, 6.45) is 2.62. The molecule has 1 amide bonds. The van der Waals surface area contributed by atoms with Gasteiger partial charge in [-0.25, -0.2) is 0 Å². The molecule has 1 aliphatic rings. The van der Waals surface area contributed by atoms with Crippen LogP contribution in [0.3, 0.4) is 0 Å². The van der Waals surface area contributed by atoms with Crippen LogP contribution in [0.25, 0.3) is 0 Å². The van der Waals surface area contributed by atoms with E-state index >= 15 is 0 Å². The molecule has 1 aromatic carbocycles. The van der Waals surface area contributed by atoms with Gasteiger partial charge in [0, 0.05) is 13.1 Å². The van der Waals surface area contributed by atoms with Crippen LogP contribution in [-0.4, -0.2) is 49.6 Å². The highest BCUT2D eigenvalue weighted by Gasteiger charge is 2.27. The second-order valence-corrected chi connectivity index (χ2v) is 6.35. The SMILES string of the molecule is CCOC(=O)C1CCCN(CC(=O)NCCc2ccccc2C)C1. The average molecular weight is 332 g/mol. The van der Waals surface area contributed by atoms with Gasteiger partial charge in [-0.05, 0) is 50.8 Å². The van der Waals surface area contributed by atoms with E-state index in [0.29, 0.717) is 26.2 Å². The van der Waals surface area contributed by atoms with Crippen LogP contribution in [0.15, 0.2) is 24.3 Å². The van der Waals surface area contributed by atoms with E-state index in [9.17, 15) is 9.59 Å². The number of hydrogen-bond donors (Lipinski definition) is 1. The van der Waals surface area contributed by atoms with Crippen molar-refractivity contribution < 1.29 is 14.3 Å². The molecule has 1 heterocycles. The molecule has 1 fully saturated rings. The molecule has 2 rings (SSSR count). The topological polar surface area (TPSA) is 58.6 Å². The molecule has 1 N–H and O–H groups in total. The molecule has 24 heavy (non-hydrogen) atoms. The number of amides is 1.